The van der Waals surface area contributed by atoms with Crippen LogP contribution in [0, 0.1) is 5.92 Å². The van der Waals surface area contributed by atoms with Crippen molar-refractivity contribution in [3.05, 3.63) is 22.7 Å². The fourth-order valence-electron chi connectivity index (χ4n) is 2.30. The van der Waals surface area contributed by atoms with Gasteiger partial charge in [-0.25, -0.2) is 0 Å². The Morgan fingerprint density at radius 2 is 2.10 bits per heavy atom. The molecule has 0 spiro atoms. The molecule has 2 unspecified atom stereocenters. The Labute approximate surface area is 128 Å². The van der Waals surface area contributed by atoms with Crippen LogP contribution in [0.15, 0.2) is 12.1 Å². The van der Waals surface area contributed by atoms with Gasteiger partial charge in [0.2, 0.25) is 0 Å². The summed E-state index contributed by atoms with van der Waals surface area (Å²) in [5.74, 6) is -0.0911. The molecule has 0 amide bonds. The number of fused-ring (bicyclic) bond motifs is 1. The second-order valence-corrected chi connectivity index (χ2v) is 5.15. The molecule has 6 heteroatoms. The predicted octanol–water partition coefficient (Wildman–Crippen LogP) is 2.73. The number of halogens is 1. The van der Waals surface area contributed by atoms with Crippen molar-refractivity contribution >= 4 is 17.6 Å². The largest absolute Gasteiger partial charge is 0.486 e. The third kappa shape index (κ3) is 3.41. The Morgan fingerprint density at radius 3 is 2.76 bits per heavy atom. The number of esters is 1. The van der Waals surface area contributed by atoms with Crippen molar-refractivity contribution in [2.24, 2.45) is 5.92 Å². The molecular weight excluding hydrogens is 296 g/mol. The van der Waals surface area contributed by atoms with Gasteiger partial charge in [-0.15, -0.1) is 0 Å². The van der Waals surface area contributed by atoms with Crippen LogP contribution in [0.3, 0.4) is 0 Å². The molecule has 2 rings (SSSR count). The highest BCUT2D eigenvalue weighted by atomic mass is 35.5. The van der Waals surface area contributed by atoms with Crippen LogP contribution in [0.5, 0.6) is 11.5 Å². The van der Waals surface area contributed by atoms with Gasteiger partial charge < -0.3 is 19.3 Å². The Morgan fingerprint density at radius 1 is 1.38 bits per heavy atom. The highest BCUT2D eigenvalue weighted by Crippen LogP contribution is 2.41. The maximum atomic E-state index is 11.9. The zero-order valence-electron chi connectivity index (χ0n) is 12.1. The number of hydrogen-bond donors (Lipinski definition) is 1. The number of carbonyl (C=O) groups is 1. The summed E-state index contributed by atoms with van der Waals surface area (Å²) >= 11 is 6.15. The topological polar surface area (TPSA) is 65.0 Å². The Balaban J connectivity index is 2.27. The number of aliphatic hydroxyl groups excluding tert-OH is 1. The van der Waals surface area contributed by atoms with Gasteiger partial charge in [-0.3, -0.25) is 4.79 Å². The number of rotatable bonds is 5. The average molecular weight is 315 g/mol. The lowest BCUT2D eigenvalue weighted by molar-refractivity contribution is -0.152. The summed E-state index contributed by atoms with van der Waals surface area (Å²) in [5.41, 5.74) is 0.518. The van der Waals surface area contributed by atoms with Crippen molar-refractivity contribution in [2.75, 3.05) is 19.8 Å². The third-order valence-electron chi connectivity index (χ3n) is 3.37. The second kappa shape index (κ2) is 7.00. The lowest BCUT2D eigenvalue weighted by atomic mass is 9.93. The number of benzene rings is 1. The molecule has 1 N–H and O–H groups in total. The van der Waals surface area contributed by atoms with E-state index in [0.29, 0.717) is 41.7 Å². The molecule has 1 aromatic carbocycles. The molecule has 21 heavy (non-hydrogen) atoms. The van der Waals surface area contributed by atoms with Crippen LogP contribution in [0.4, 0.5) is 0 Å². The summed E-state index contributed by atoms with van der Waals surface area (Å²) in [4.78, 5) is 11.9. The van der Waals surface area contributed by atoms with E-state index in [4.69, 9.17) is 25.8 Å². The molecule has 1 aromatic rings. The van der Waals surface area contributed by atoms with E-state index in [1.165, 1.54) is 0 Å². The van der Waals surface area contributed by atoms with E-state index in [9.17, 15) is 9.90 Å². The maximum absolute atomic E-state index is 11.9. The van der Waals surface area contributed by atoms with Gasteiger partial charge >= 0.3 is 5.97 Å². The predicted molar refractivity (Wildman–Crippen MR) is 77.8 cm³/mol. The van der Waals surface area contributed by atoms with Crippen molar-refractivity contribution in [1.82, 2.24) is 0 Å². The van der Waals surface area contributed by atoms with Gasteiger partial charge in [0.1, 0.15) is 13.2 Å². The molecule has 1 aliphatic rings. The molecule has 0 saturated carbocycles. The minimum absolute atomic E-state index is 0.282. The molecule has 1 aliphatic heterocycles. The van der Waals surface area contributed by atoms with Gasteiger partial charge in [0, 0.05) is 0 Å². The van der Waals surface area contributed by atoms with Crippen LogP contribution < -0.4 is 9.47 Å². The van der Waals surface area contributed by atoms with Gasteiger partial charge in [0.25, 0.3) is 0 Å². The molecule has 0 fully saturated rings. The molecule has 0 saturated heterocycles. The van der Waals surface area contributed by atoms with E-state index in [-0.39, 0.29) is 6.61 Å². The summed E-state index contributed by atoms with van der Waals surface area (Å²) in [5, 5.41) is 10.8. The smallest absolute Gasteiger partial charge is 0.311 e. The van der Waals surface area contributed by atoms with Crippen LogP contribution in [-0.2, 0) is 9.53 Å². The normalized spacial score (nSPS) is 16.2. The zero-order valence-corrected chi connectivity index (χ0v) is 12.9. The molecule has 116 valence electrons. The number of hydrogen-bond acceptors (Lipinski definition) is 5. The van der Waals surface area contributed by atoms with Crippen molar-refractivity contribution < 1.29 is 24.1 Å². The highest BCUT2D eigenvalue weighted by molar-refractivity contribution is 6.32. The minimum atomic E-state index is -0.998. The average Bonchev–Trinajstić information content (AvgIpc) is 2.48. The summed E-state index contributed by atoms with van der Waals surface area (Å²) in [7, 11) is 0. The summed E-state index contributed by atoms with van der Waals surface area (Å²) in [6.07, 6.45) is -0.533. The monoisotopic (exact) mass is 314 g/mol. The maximum Gasteiger partial charge on any atom is 0.311 e. The molecule has 0 aromatic heterocycles. The third-order valence-corrected chi connectivity index (χ3v) is 3.65. The molecular formula is C15H19ClO5. The van der Waals surface area contributed by atoms with E-state index in [2.05, 4.69) is 0 Å². The zero-order chi connectivity index (χ0) is 15.4. The SMILES string of the molecule is CCOC(=O)C(CC)C(O)c1cc(Cl)c2c(c1)OCCO2. The van der Waals surface area contributed by atoms with Crippen LogP contribution in [-0.4, -0.2) is 30.9 Å². The fraction of sp³-hybridized carbons (Fsp3) is 0.533. The summed E-state index contributed by atoms with van der Waals surface area (Å²) in [6.45, 7) is 4.71. The van der Waals surface area contributed by atoms with E-state index in [1.54, 1.807) is 19.1 Å². The lowest BCUT2D eigenvalue weighted by Crippen LogP contribution is -2.24. The first-order valence-corrected chi connectivity index (χ1v) is 7.40. The first-order chi connectivity index (χ1) is 10.1. The van der Waals surface area contributed by atoms with E-state index < -0.39 is 18.0 Å². The van der Waals surface area contributed by atoms with Gasteiger partial charge in [-0.2, -0.15) is 0 Å². The molecule has 0 bridgehead atoms. The van der Waals surface area contributed by atoms with Crippen LogP contribution in [0.1, 0.15) is 31.9 Å². The van der Waals surface area contributed by atoms with Crippen LogP contribution >= 0.6 is 11.6 Å². The van der Waals surface area contributed by atoms with Crippen molar-refractivity contribution in [1.29, 1.82) is 0 Å². The number of carbonyl (C=O) groups excluding carboxylic acids is 1. The Hall–Kier alpha value is -1.46. The van der Waals surface area contributed by atoms with Gasteiger partial charge in [0.15, 0.2) is 11.5 Å². The molecule has 0 radical (unpaired) electrons. The van der Waals surface area contributed by atoms with Gasteiger partial charge in [-0.05, 0) is 31.0 Å². The molecule has 2 atom stereocenters. The molecule has 5 nitrogen and oxygen atoms in total. The minimum Gasteiger partial charge on any atom is -0.486 e. The second-order valence-electron chi connectivity index (χ2n) is 4.74. The quantitative estimate of drug-likeness (QED) is 0.847. The summed E-state index contributed by atoms with van der Waals surface area (Å²) in [6, 6.07) is 3.26. The number of ether oxygens (including phenoxy) is 3. The lowest BCUT2D eigenvalue weighted by Gasteiger charge is -2.24. The fourth-order valence-corrected chi connectivity index (χ4v) is 2.58. The van der Waals surface area contributed by atoms with Gasteiger partial charge in [0.05, 0.1) is 23.7 Å². The van der Waals surface area contributed by atoms with Gasteiger partial charge in [-0.1, -0.05) is 18.5 Å². The Bertz CT molecular complexity index is 517. The highest BCUT2D eigenvalue weighted by Gasteiger charge is 2.29. The van der Waals surface area contributed by atoms with Crippen LogP contribution in [0.25, 0.3) is 0 Å². The van der Waals surface area contributed by atoms with E-state index in [0.717, 1.165) is 0 Å². The number of aliphatic hydroxyl groups is 1. The van der Waals surface area contributed by atoms with E-state index >= 15 is 0 Å². The van der Waals surface area contributed by atoms with E-state index in [1.807, 2.05) is 6.92 Å². The molecule has 1 heterocycles. The first kappa shape index (κ1) is 15.9. The van der Waals surface area contributed by atoms with Crippen LogP contribution in [0.2, 0.25) is 5.02 Å². The Kier molecular flexibility index (Phi) is 5.31. The first-order valence-electron chi connectivity index (χ1n) is 7.02. The standard InChI is InChI=1S/C15H19ClO5/c1-3-10(15(18)19-4-2)13(17)9-7-11(16)14-12(8-9)20-5-6-21-14/h7-8,10,13,17H,3-6H2,1-2H3. The van der Waals surface area contributed by atoms with Crippen molar-refractivity contribution in [3.63, 3.8) is 0 Å². The van der Waals surface area contributed by atoms with Crippen molar-refractivity contribution in [2.45, 2.75) is 26.4 Å². The molecule has 0 aliphatic carbocycles. The summed E-state index contributed by atoms with van der Waals surface area (Å²) < 4.78 is 15.9. The van der Waals surface area contributed by atoms with Crippen molar-refractivity contribution in [3.8, 4) is 11.5 Å².